The molecular weight excluding hydrogens is 1890 g/mol. The number of anilines is 2. The van der Waals surface area contributed by atoms with E-state index in [2.05, 4.69) is 247 Å². The summed E-state index contributed by atoms with van der Waals surface area (Å²) in [4.78, 5) is 16.5. The molecule has 0 aliphatic carbocycles. The van der Waals surface area contributed by atoms with Gasteiger partial charge in [0.2, 0.25) is 0 Å². The molecule has 12 aromatic carbocycles. The van der Waals surface area contributed by atoms with Gasteiger partial charge in [-0.2, -0.15) is 133 Å². The molecule has 3 radical (unpaired) electrons. The van der Waals surface area contributed by atoms with Gasteiger partial charge in [0.15, 0.2) is 0 Å². The first-order chi connectivity index (χ1) is 52.6. The quantitative estimate of drug-likeness (QED) is 0.111. The SMILES string of the molecule is CN1C=CN(c2[c-]cccc2)[CH-]1.CN1[CH-]N(c2[c-]cccc2)C=C1c1ccc(-c2ccccc2)cc1.Cc1nn(-c2[c-]cccc2)c(C)c1-c1ccc(-c2ccccc2)cc1.Cn1ccnc1-c1[c-]cccc1.[Ir].[Ir].[Ir].[c-]1ccccc1-c1ncco1.[c-]1ccccc1-n1cc(-c2ccc(-c3ccccc3)cc2)cn1. The van der Waals surface area contributed by atoms with Crippen molar-refractivity contribution in [3.63, 3.8) is 0 Å². The molecule has 110 heavy (non-hydrogen) atoms. The maximum Gasteiger partial charge on any atom is 0.140 e. The van der Waals surface area contributed by atoms with E-state index in [1.165, 1.54) is 55.8 Å². The molecule has 0 spiro atoms. The summed E-state index contributed by atoms with van der Waals surface area (Å²) < 4.78 is 10.9. The topological polar surface area (TPSA) is 92.5 Å². The van der Waals surface area contributed by atoms with Crippen LogP contribution in [0.15, 0.2) is 370 Å². The Balaban J connectivity index is 0.000000144. The van der Waals surface area contributed by atoms with Crippen LogP contribution in [-0.4, -0.2) is 58.0 Å². The number of benzene rings is 12. The first kappa shape index (κ1) is 80.6. The van der Waals surface area contributed by atoms with Crippen LogP contribution in [0.1, 0.15) is 17.0 Å². The minimum atomic E-state index is 0. The molecular formula is C95H77Ir3N11O-8. The van der Waals surface area contributed by atoms with Crippen LogP contribution < -0.4 is 9.80 Å². The predicted octanol–water partition coefficient (Wildman–Crippen LogP) is 21.5. The van der Waals surface area contributed by atoms with E-state index in [0.29, 0.717) is 5.89 Å². The normalized spacial score (nSPS) is 11.5. The fourth-order valence-corrected chi connectivity index (χ4v) is 12.0. The van der Waals surface area contributed by atoms with Crippen molar-refractivity contribution in [2.45, 2.75) is 13.8 Å². The molecule has 2 aliphatic rings. The Hall–Kier alpha value is -11.9. The van der Waals surface area contributed by atoms with Gasteiger partial charge >= 0.3 is 0 Å². The largest absolute Gasteiger partial charge is 0.510 e. The van der Waals surface area contributed by atoms with Crippen molar-refractivity contribution in [1.29, 1.82) is 0 Å². The van der Waals surface area contributed by atoms with Crippen LogP contribution in [0.2, 0.25) is 0 Å². The smallest absolute Gasteiger partial charge is 0.140 e. The van der Waals surface area contributed by atoms with Gasteiger partial charge in [0.05, 0.1) is 30.2 Å². The molecule has 0 atom stereocenters. The van der Waals surface area contributed by atoms with Gasteiger partial charge in [-0.15, -0.1) is 89.7 Å². The standard InChI is InChI=1S/C23H19N2.C22H18N2.C21H15N2.C10H10N2.C10H9N2.C9H6NO.3Ir/c1-17-23(18(2)25(24-17)22-11-7-4-8-12-22)21-15-13-20(14-16-21)19-9-5-3-6-10-19;1-23-17-24(21-10-6-3-7-11-21)16-22(23)20-14-12-19(13-15-20)18-8-4-2-5-9-18;1-3-7-17(8-4-1)18-11-13-19(14-12-18)20-15-22-23(16-20)21-9-5-2-6-10-21;1-11-7-8-12(9-11)10-5-3-2-4-6-10;1-12-8-7-11-10(12)9-5-3-2-4-6-9;1-2-4-8(5-3-1)9-10-6-7-11-9;;;/h3-11,13-16H,1-2H3;2-10,12-17H,1H3;1-9,11-16H;2-5,7-9H,1H3;2-5,7-8H,1H3;1-4,6-7H;;;/q-1;-2;-1;-2;2*-1;;;. The fraction of sp³-hybridized carbons (Fsp3) is 0.0526. The second-order valence-electron chi connectivity index (χ2n) is 24.8. The van der Waals surface area contributed by atoms with E-state index in [9.17, 15) is 0 Å². The minimum absolute atomic E-state index is 0. The molecule has 0 fully saturated rings. The zero-order valence-corrected chi connectivity index (χ0v) is 68.3. The number of aryl methyl sites for hydroxylation is 2. The van der Waals surface area contributed by atoms with E-state index in [1.54, 1.807) is 18.7 Å². The number of rotatable bonds is 12. The molecule has 0 saturated carbocycles. The molecule has 16 aromatic rings. The predicted molar refractivity (Wildman–Crippen MR) is 433 cm³/mol. The van der Waals surface area contributed by atoms with Crippen LogP contribution in [0.5, 0.6) is 0 Å². The van der Waals surface area contributed by atoms with Crippen molar-refractivity contribution in [3.8, 4) is 89.9 Å². The van der Waals surface area contributed by atoms with E-state index >= 15 is 0 Å². The number of aromatic nitrogens is 7. The minimum Gasteiger partial charge on any atom is -0.510 e. The third kappa shape index (κ3) is 21.5. The monoisotopic (exact) mass is 1970 g/mol. The summed E-state index contributed by atoms with van der Waals surface area (Å²) in [5, 5.41) is 9.15. The maximum absolute atomic E-state index is 5.08. The van der Waals surface area contributed by atoms with Crippen molar-refractivity contribution in [3.05, 3.63) is 432 Å². The molecule has 0 N–H and O–H groups in total. The fourth-order valence-electron chi connectivity index (χ4n) is 12.0. The molecule has 0 bridgehead atoms. The van der Waals surface area contributed by atoms with E-state index in [4.69, 9.17) is 9.52 Å². The van der Waals surface area contributed by atoms with Crippen LogP contribution >= 0.6 is 0 Å². The summed E-state index contributed by atoms with van der Waals surface area (Å²) in [6, 6.07) is 123. The van der Waals surface area contributed by atoms with Crippen LogP contribution in [0.4, 0.5) is 11.4 Å². The Morgan fingerprint density at radius 1 is 0.382 bits per heavy atom. The van der Waals surface area contributed by atoms with Crippen molar-refractivity contribution < 1.29 is 64.7 Å². The molecule has 553 valence electrons. The summed E-state index contributed by atoms with van der Waals surface area (Å²) in [5.41, 5.74) is 22.5. The summed E-state index contributed by atoms with van der Waals surface area (Å²) in [6.45, 7) is 8.26. The third-order valence-electron chi connectivity index (χ3n) is 17.4. The second kappa shape index (κ2) is 40.9. The molecule has 6 heterocycles. The number of para-hydroxylation sites is 4. The molecule has 2 aliphatic heterocycles. The van der Waals surface area contributed by atoms with Crippen molar-refractivity contribution in [1.82, 2.24) is 43.9 Å². The molecule has 4 aromatic heterocycles. The van der Waals surface area contributed by atoms with Gasteiger partial charge in [-0.05, 0) is 108 Å². The molecule has 18 rings (SSSR count). The van der Waals surface area contributed by atoms with Crippen molar-refractivity contribution in [2.75, 3.05) is 23.9 Å². The van der Waals surface area contributed by atoms with Crippen LogP contribution in [0, 0.1) is 63.6 Å². The van der Waals surface area contributed by atoms with Gasteiger partial charge in [-0.25, -0.2) is 0 Å². The molecule has 15 heteroatoms. The van der Waals surface area contributed by atoms with Crippen molar-refractivity contribution in [2.24, 2.45) is 7.05 Å². The van der Waals surface area contributed by atoms with Gasteiger partial charge in [0, 0.05) is 108 Å². The Morgan fingerprint density at radius 3 is 1.26 bits per heavy atom. The molecule has 12 nitrogen and oxygen atoms in total. The Kier molecular flexibility index (Phi) is 30.0. The molecule has 0 saturated heterocycles. The zero-order chi connectivity index (χ0) is 73.4. The summed E-state index contributed by atoms with van der Waals surface area (Å²) in [6.07, 6.45) is 17.0. The van der Waals surface area contributed by atoms with Gasteiger partial charge in [0.1, 0.15) is 5.89 Å². The van der Waals surface area contributed by atoms with Crippen LogP contribution in [0.25, 0.3) is 95.5 Å². The summed E-state index contributed by atoms with van der Waals surface area (Å²) >= 11 is 0. The summed E-state index contributed by atoms with van der Waals surface area (Å²) in [7, 11) is 6.04. The Morgan fingerprint density at radius 2 is 0.818 bits per heavy atom. The molecule has 0 unspecified atom stereocenters. The third-order valence-corrected chi connectivity index (χ3v) is 17.4. The second-order valence-corrected chi connectivity index (χ2v) is 24.8. The van der Waals surface area contributed by atoms with E-state index in [-0.39, 0.29) is 60.3 Å². The van der Waals surface area contributed by atoms with E-state index in [1.807, 2.05) is 233 Å². The van der Waals surface area contributed by atoms with Gasteiger partial charge in [-0.3, -0.25) is 19.3 Å². The van der Waals surface area contributed by atoms with E-state index < -0.39 is 0 Å². The first-order valence-corrected chi connectivity index (χ1v) is 35.0. The zero-order valence-electron chi connectivity index (χ0n) is 61.1. The maximum atomic E-state index is 5.08. The number of hydrogen-bond donors (Lipinski definition) is 0. The Labute approximate surface area is 686 Å². The molecule has 0 amide bonds. The summed E-state index contributed by atoms with van der Waals surface area (Å²) in [5.74, 6) is 1.57. The number of hydrogen-bond acceptors (Lipinski definition) is 9. The van der Waals surface area contributed by atoms with Gasteiger partial charge in [-0.1, -0.05) is 169 Å². The first-order valence-electron chi connectivity index (χ1n) is 35.0. The average Bonchev–Trinajstić information content (AvgIpc) is 1.63. The number of imidazole rings is 1. The Bertz CT molecular complexity index is 5370. The van der Waals surface area contributed by atoms with Crippen LogP contribution in [0.3, 0.4) is 0 Å². The number of nitrogens with zero attached hydrogens (tertiary/aromatic N) is 11. The average molecular weight is 1970 g/mol. The van der Waals surface area contributed by atoms with Crippen LogP contribution in [-0.2, 0) is 67.4 Å². The van der Waals surface area contributed by atoms with E-state index in [0.717, 1.165) is 62.2 Å². The number of oxazole rings is 1. The van der Waals surface area contributed by atoms with Crippen molar-refractivity contribution >= 4 is 17.1 Å². The van der Waals surface area contributed by atoms with Gasteiger partial charge < -0.3 is 28.6 Å². The van der Waals surface area contributed by atoms with Gasteiger partial charge in [0.25, 0.3) is 0 Å².